The summed E-state index contributed by atoms with van der Waals surface area (Å²) in [4.78, 5) is 0. The van der Waals surface area contributed by atoms with Gasteiger partial charge in [0.05, 0.1) is 17.4 Å². The van der Waals surface area contributed by atoms with E-state index in [2.05, 4.69) is 16.3 Å². The van der Waals surface area contributed by atoms with Crippen molar-refractivity contribution in [2.75, 3.05) is 7.11 Å². The van der Waals surface area contributed by atoms with Gasteiger partial charge in [-0.2, -0.15) is 15.5 Å². The number of benzene rings is 1. The fraction of sp³-hybridized carbons (Fsp3) is 0.533. The van der Waals surface area contributed by atoms with Gasteiger partial charge in [-0.25, -0.2) is 0 Å². The van der Waals surface area contributed by atoms with E-state index in [-0.39, 0.29) is 0 Å². The summed E-state index contributed by atoms with van der Waals surface area (Å²) in [7, 11) is 1.64. The molecule has 19 heavy (non-hydrogen) atoms. The van der Waals surface area contributed by atoms with Gasteiger partial charge in [-0.05, 0) is 39.3 Å². The summed E-state index contributed by atoms with van der Waals surface area (Å²) in [5.41, 5.74) is 0.536. The standard InChI is InChI=1S/C15H21N3O/c1-12-8-6-7-9-13(12)17-18-15(4,11-16)10-14(2,3)19-5/h6-9H,10H2,1-5H3. The molecule has 102 valence electrons. The number of hydrogen-bond donors (Lipinski definition) is 0. The molecule has 0 radical (unpaired) electrons. The first kappa shape index (κ1) is 15.3. The minimum atomic E-state index is -0.887. The molecule has 0 N–H and O–H groups in total. The Balaban J connectivity index is 2.94. The van der Waals surface area contributed by atoms with Gasteiger partial charge in [-0.1, -0.05) is 18.2 Å². The van der Waals surface area contributed by atoms with Crippen molar-refractivity contribution in [3.05, 3.63) is 29.8 Å². The van der Waals surface area contributed by atoms with Crippen molar-refractivity contribution in [2.45, 2.75) is 45.3 Å². The Morgan fingerprint density at radius 3 is 2.42 bits per heavy atom. The lowest BCUT2D eigenvalue weighted by atomic mass is 9.90. The van der Waals surface area contributed by atoms with E-state index in [4.69, 9.17) is 4.74 Å². The number of methoxy groups -OCH3 is 1. The van der Waals surface area contributed by atoms with E-state index in [0.29, 0.717) is 6.42 Å². The lowest BCUT2D eigenvalue weighted by Crippen LogP contribution is -2.34. The highest BCUT2D eigenvalue weighted by atomic mass is 16.5. The van der Waals surface area contributed by atoms with Crippen LogP contribution in [0, 0.1) is 18.3 Å². The van der Waals surface area contributed by atoms with Gasteiger partial charge in [0.2, 0.25) is 0 Å². The van der Waals surface area contributed by atoms with Crippen molar-refractivity contribution in [3.63, 3.8) is 0 Å². The molecule has 0 spiro atoms. The Morgan fingerprint density at radius 2 is 1.89 bits per heavy atom. The van der Waals surface area contributed by atoms with Gasteiger partial charge in [0.25, 0.3) is 0 Å². The highest BCUT2D eigenvalue weighted by molar-refractivity contribution is 5.44. The lowest BCUT2D eigenvalue weighted by molar-refractivity contribution is 0.00493. The normalized spacial score (nSPS) is 15.2. The summed E-state index contributed by atoms with van der Waals surface area (Å²) in [6, 6.07) is 9.93. The first-order valence-corrected chi connectivity index (χ1v) is 6.27. The molecule has 1 aromatic carbocycles. The molecule has 0 bridgehead atoms. The van der Waals surface area contributed by atoms with E-state index in [1.165, 1.54) is 0 Å². The number of nitrogens with zero attached hydrogens (tertiary/aromatic N) is 3. The third-order valence-corrected chi connectivity index (χ3v) is 3.06. The quantitative estimate of drug-likeness (QED) is 0.745. The maximum Gasteiger partial charge on any atom is 0.167 e. The number of aryl methyl sites for hydroxylation is 1. The zero-order valence-corrected chi connectivity index (χ0v) is 12.3. The third-order valence-electron chi connectivity index (χ3n) is 3.06. The summed E-state index contributed by atoms with van der Waals surface area (Å²) in [6.07, 6.45) is 0.488. The van der Waals surface area contributed by atoms with Crippen molar-refractivity contribution >= 4 is 5.69 Å². The predicted molar refractivity (Wildman–Crippen MR) is 75.4 cm³/mol. The average Bonchev–Trinajstić information content (AvgIpc) is 2.37. The Labute approximate surface area is 115 Å². The molecule has 0 aromatic heterocycles. The van der Waals surface area contributed by atoms with E-state index in [1.807, 2.05) is 45.0 Å². The Morgan fingerprint density at radius 1 is 1.26 bits per heavy atom. The number of nitriles is 1. The van der Waals surface area contributed by atoms with Gasteiger partial charge in [0, 0.05) is 13.5 Å². The van der Waals surface area contributed by atoms with Crippen LogP contribution in [-0.4, -0.2) is 18.2 Å². The second-order valence-corrected chi connectivity index (χ2v) is 5.51. The molecule has 0 heterocycles. The highest BCUT2D eigenvalue weighted by Gasteiger charge is 2.33. The molecule has 0 saturated heterocycles. The van der Waals surface area contributed by atoms with Crippen LogP contribution in [0.3, 0.4) is 0 Å². The number of hydrogen-bond acceptors (Lipinski definition) is 4. The second kappa shape index (κ2) is 5.94. The molecule has 1 atom stereocenters. The van der Waals surface area contributed by atoms with Crippen molar-refractivity contribution in [1.82, 2.24) is 0 Å². The Bertz CT molecular complexity index is 502. The Hall–Kier alpha value is -1.73. The summed E-state index contributed by atoms with van der Waals surface area (Å²) < 4.78 is 5.36. The van der Waals surface area contributed by atoms with E-state index in [9.17, 15) is 5.26 Å². The summed E-state index contributed by atoms with van der Waals surface area (Å²) in [5, 5.41) is 17.8. The van der Waals surface area contributed by atoms with Crippen molar-refractivity contribution < 1.29 is 4.74 Å². The summed E-state index contributed by atoms with van der Waals surface area (Å²) in [5.74, 6) is 0. The second-order valence-electron chi connectivity index (χ2n) is 5.51. The molecule has 0 aliphatic carbocycles. The summed E-state index contributed by atoms with van der Waals surface area (Å²) >= 11 is 0. The van der Waals surface area contributed by atoms with Crippen molar-refractivity contribution in [3.8, 4) is 6.07 Å². The molecular weight excluding hydrogens is 238 g/mol. The van der Waals surface area contributed by atoms with E-state index in [1.54, 1.807) is 14.0 Å². The maximum absolute atomic E-state index is 9.33. The largest absolute Gasteiger partial charge is 0.379 e. The van der Waals surface area contributed by atoms with Gasteiger partial charge >= 0.3 is 0 Å². The van der Waals surface area contributed by atoms with Crippen LogP contribution in [0.2, 0.25) is 0 Å². The number of azo groups is 1. The van der Waals surface area contributed by atoms with Crippen LogP contribution in [-0.2, 0) is 4.74 Å². The fourth-order valence-electron chi connectivity index (χ4n) is 1.84. The van der Waals surface area contributed by atoms with Crippen molar-refractivity contribution in [2.24, 2.45) is 10.2 Å². The minimum absolute atomic E-state index is 0.408. The van der Waals surface area contributed by atoms with Gasteiger partial charge in [-0.15, -0.1) is 0 Å². The molecule has 1 aromatic rings. The van der Waals surface area contributed by atoms with Crippen LogP contribution in [0.5, 0.6) is 0 Å². The van der Waals surface area contributed by atoms with Crippen LogP contribution in [0.1, 0.15) is 32.8 Å². The van der Waals surface area contributed by atoms with Crippen LogP contribution in [0.15, 0.2) is 34.5 Å². The number of ether oxygens (including phenoxy) is 1. The molecule has 0 amide bonds. The predicted octanol–water partition coefficient (Wildman–Crippen LogP) is 4.18. The molecular formula is C15H21N3O. The molecule has 0 fully saturated rings. The van der Waals surface area contributed by atoms with Gasteiger partial charge < -0.3 is 4.74 Å². The highest BCUT2D eigenvalue weighted by Crippen LogP contribution is 2.28. The van der Waals surface area contributed by atoms with E-state index < -0.39 is 11.1 Å². The Kier molecular flexibility index (Phi) is 4.79. The van der Waals surface area contributed by atoms with Crippen LogP contribution < -0.4 is 0 Å². The van der Waals surface area contributed by atoms with Crippen LogP contribution >= 0.6 is 0 Å². The zero-order valence-electron chi connectivity index (χ0n) is 12.3. The molecule has 1 rings (SSSR count). The van der Waals surface area contributed by atoms with Gasteiger partial charge in [0.15, 0.2) is 5.54 Å². The molecule has 4 heteroatoms. The van der Waals surface area contributed by atoms with Gasteiger partial charge in [0.1, 0.15) is 0 Å². The molecule has 0 aliphatic rings. The van der Waals surface area contributed by atoms with Gasteiger partial charge in [-0.3, -0.25) is 0 Å². The first-order valence-electron chi connectivity index (χ1n) is 6.27. The van der Waals surface area contributed by atoms with E-state index in [0.717, 1.165) is 11.3 Å². The third kappa shape index (κ3) is 4.46. The first-order chi connectivity index (χ1) is 8.82. The topological polar surface area (TPSA) is 57.7 Å². The average molecular weight is 259 g/mol. The lowest BCUT2D eigenvalue weighted by Gasteiger charge is -2.28. The number of rotatable bonds is 5. The molecule has 1 unspecified atom stereocenters. The maximum atomic E-state index is 9.33. The minimum Gasteiger partial charge on any atom is -0.379 e. The molecule has 0 saturated carbocycles. The summed E-state index contributed by atoms with van der Waals surface area (Å²) in [6.45, 7) is 7.62. The zero-order chi connectivity index (χ0) is 14.5. The molecule has 4 nitrogen and oxygen atoms in total. The fourth-order valence-corrected chi connectivity index (χ4v) is 1.84. The van der Waals surface area contributed by atoms with E-state index >= 15 is 0 Å². The monoisotopic (exact) mass is 259 g/mol. The SMILES string of the molecule is COC(C)(C)CC(C)(C#N)N=Nc1ccccc1C. The van der Waals surface area contributed by atoms with Crippen molar-refractivity contribution in [1.29, 1.82) is 5.26 Å². The smallest absolute Gasteiger partial charge is 0.167 e. The molecule has 0 aliphatic heterocycles. The van der Waals surface area contributed by atoms with Crippen LogP contribution in [0.4, 0.5) is 5.69 Å². The van der Waals surface area contributed by atoms with Crippen LogP contribution in [0.25, 0.3) is 0 Å².